The molecule has 0 bridgehead atoms. The molecular weight excluding hydrogens is 360 g/mol. The predicted octanol–water partition coefficient (Wildman–Crippen LogP) is 4.43. The highest BCUT2D eigenvalue weighted by Crippen LogP contribution is 2.36. The molecule has 0 spiro atoms. The van der Waals surface area contributed by atoms with Gasteiger partial charge in [-0.2, -0.15) is 15.5 Å². The van der Waals surface area contributed by atoms with Gasteiger partial charge in [-0.3, -0.25) is 4.68 Å². The molecule has 0 aliphatic heterocycles. The van der Waals surface area contributed by atoms with Crippen molar-refractivity contribution >= 4 is 16.6 Å². The topological polar surface area (TPSA) is 71.5 Å². The minimum absolute atomic E-state index is 0.249. The molecule has 1 aliphatic rings. The van der Waals surface area contributed by atoms with Gasteiger partial charge >= 0.3 is 0 Å². The van der Waals surface area contributed by atoms with E-state index >= 15 is 0 Å². The second-order valence-corrected chi connectivity index (χ2v) is 7.77. The molecular formula is C23H22N6. The van der Waals surface area contributed by atoms with Crippen LogP contribution in [0.25, 0.3) is 16.6 Å². The van der Waals surface area contributed by atoms with Crippen LogP contribution in [0.5, 0.6) is 0 Å². The van der Waals surface area contributed by atoms with Gasteiger partial charge in [-0.1, -0.05) is 0 Å². The Balaban J connectivity index is 1.51. The van der Waals surface area contributed by atoms with Crippen LogP contribution in [0.4, 0.5) is 5.69 Å². The smallest absolute Gasteiger partial charge is 0.103 e. The molecule has 6 nitrogen and oxygen atoms in total. The Kier molecular flexibility index (Phi) is 4.09. The minimum Gasteiger partial charge on any atom is -0.378 e. The average Bonchev–Trinajstić information content (AvgIpc) is 3.33. The van der Waals surface area contributed by atoms with Gasteiger partial charge in [0.1, 0.15) is 5.69 Å². The molecule has 144 valence electrons. The van der Waals surface area contributed by atoms with Crippen molar-refractivity contribution in [2.45, 2.75) is 32.2 Å². The lowest BCUT2D eigenvalue weighted by molar-refractivity contribution is 0.597. The first-order chi connectivity index (χ1) is 14.1. The first-order valence-electron chi connectivity index (χ1n) is 9.89. The third-order valence-electron chi connectivity index (χ3n) is 5.74. The van der Waals surface area contributed by atoms with Gasteiger partial charge < -0.3 is 5.32 Å². The lowest BCUT2D eigenvalue weighted by atomic mass is 9.83. The van der Waals surface area contributed by atoms with E-state index in [1.165, 1.54) is 16.7 Å². The molecule has 2 aromatic heterocycles. The van der Waals surface area contributed by atoms with E-state index in [-0.39, 0.29) is 6.04 Å². The lowest BCUT2D eigenvalue weighted by Crippen LogP contribution is -2.19. The summed E-state index contributed by atoms with van der Waals surface area (Å²) >= 11 is 0. The van der Waals surface area contributed by atoms with Crippen molar-refractivity contribution < 1.29 is 0 Å². The monoisotopic (exact) mass is 382 g/mol. The first kappa shape index (κ1) is 17.5. The van der Waals surface area contributed by atoms with Crippen molar-refractivity contribution in [3.05, 3.63) is 71.2 Å². The van der Waals surface area contributed by atoms with Gasteiger partial charge in [-0.05, 0) is 73.2 Å². The fourth-order valence-corrected chi connectivity index (χ4v) is 4.46. The van der Waals surface area contributed by atoms with Gasteiger partial charge in [0.2, 0.25) is 0 Å². The molecule has 1 unspecified atom stereocenters. The molecule has 1 aliphatic carbocycles. The number of anilines is 1. The van der Waals surface area contributed by atoms with E-state index in [0.29, 0.717) is 0 Å². The Labute approximate surface area is 169 Å². The van der Waals surface area contributed by atoms with Gasteiger partial charge in [0.25, 0.3) is 0 Å². The fourth-order valence-electron chi connectivity index (χ4n) is 4.46. The summed E-state index contributed by atoms with van der Waals surface area (Å²) in [4.78, 5) is 0. The van der Waals surface area contributed by atoms with Crippen molar-refractivity contribution in [3.63, 3.8) is 0 Å². The molecule has 0 saturated heterocycles. The molecule has 1 N–H and O–H groups in total. The number of hydrogen-bond acceptors (Lipinski definition) is 4. The average molecular weight is 382 g/mol. The second-order valence-electron chi connectivity index (χ2n) is 7.77. The number of nitrogens with zero attached hydrogens (tertiary/aromatic N) is 5. The van der Waals surface area contributed by atoms with Crippen LogP contribution in [0.2, 0.25) is 0 Å². The lowest BCUT2D eigenvalue weighted by Gasteiger charge is -2.29. The van der Waals surface area contributed by atoms with Crippen LogP contribution in [0, 0.1) is 18.3 Å². The summed E-state index contributed by atoms with van der Waals surface area (Å²) in [5.41, 5.74) is 7.66. The zero-order valence-electron chi connectivity index (χ0n) is 16.6. The predicted molar refractivity (Wildman–Crippen MR) is 113 cm³/mol. The number of nitriles is 1. The Hall–Kier alpha value is -3.59. The number of aryl methyl sites for hydroxylation is 3. The van der Waals surface area contributed by atoms with Gasteiger partial charge in [0, 0.05) is 18.1 Å². The van der Waals surface area contributed by atoms with Crippen LogP contribution in [-0.4, -0.2) is 19.6 Å². The Morgan fingerprint density at radius 2 is 2.07 bits per heavy atom. The van der Waals surface area contributed by atoms with E-state index in [1.807, 2.05) is 36.4 Å². The first-order valence-corrected chi connectivity index (χ1v) is 9.89. The van der Waals surface area contributed by atoms with Gasteiger partial charge in [0.05, 0.1) is 41.8 Å². The number of rotatable bonds is 3. The molecule has 1 atom stereocenters. The standard InChI is InChI=1S/C23H22N6/c1-15-8-16(11-24)9-17-4-3-5-21(23(15)17)27-19-7-6-18-12-26-29(22(18)10-19)20-13-25-28(2)14-20/h6-10,12-14,21,27H,3-5H2,1-2H3. The summed E-state index contributed by atoms with van der Waals surface area (Å²) in [7, 11) is 1.91. The molecule has 0 radical (unpaired) electrons. The fraction of sp³-hybridized carbons (Fsp3) is 0.261. The molecule has 6 heteroatoms. The molecule has 0 amide bonds. The summed E-state index contributed by atoms with van der Waals surface area (Å²) in [6.07, 6.45) is 8.90. The van der Waals surface area contributed by atoms with E-state index in [4.69, 9.17) is 0 Å². The van der Waals surface area contributed by atoms with E-state index in [0.717, 1.165) is 47.1 Å². The molecule has 2 heterocycles. The summed E-state index contributed by atoms with van der Waals surface area (Å²) in [6, 6.07) is 13.0. The molecule has 4 aromatic rings. The summed E-state index contributed by atoms with van der Waals surface area (Å²) in [6.45, 7) is 2.11. The molecule has 2 aromatic carbocycles. The molecule has 0 fully saturated rings. The van der Waals surface area contributed by atoms with Crippen LogP contribution in [0.15, 0.2) is 48.9 Å². The number of benzene rings is 2. The minimum atomic E-state index is 0.249. The summed E-state index contributed by atoms with van der Waals surface area (Å²) in [5.74, 6) is 0. The van der Waals surface area contributed by atoms with Crippen molar-refractivity contribution in [2.24, 2.45) is 7.05 Å². The molecule has 0 saturated carbocycles. The SMILES string of the molecule is Cc1cc(C#N)cc2c1C(Nc1ccc3cnn(-c4cnn(C)c4)c3c1)CCC2. The second kappa shape index (κ2) is 6.78. The summed E-state index contributed by atoms with van der Waals surface area (Å²) < 4.78 is 3.70. The van der Waals surface area contributed by atoms with Crippen LogP contribution < -0.4 is 5.32 Å². The number of hydrogen-bond donors (Lipinski definition) is 1. The third-order valence-corrected chi connectivity index (χ3v) is 5.74. The van der Waals surface area contributed by atoms with Crippen LogP contribution in [0.1, 0.15) is 41.1 Å². The highest BCUT2D eigenvalue weighted by molar-refractivity contribution is 5.83. The van der Waals surface area contributed by atoms with Crippen molar-refractivity contribution in [1.29, 1.82) is 5.26 Å². The van der Waals surface area contributed by atoms with Crippen LogP contribution >= 0.6 is 0 Å². The van der Waals surface area contributed by atoms with Crippen molar-refractivity contribution in [3.8, 4) is 11.8 Å². The van der Waals surface area contributed by atoms with Gasteiger partial charge in [-0.15, -0.1) is 0 Å². The van der Waals surface area contributed by atoms with E-state index in [1.54, 1.807) is 4.68 Å². The normalized spacial score (nSPS) is 15.8. The maximum absolute atomic E-state index is 9.29. The maximum atomic E-state index is 9.29. The Morgan fingerprint density at radius 1 is 1.17 bits per heavy atom. The third kappa shape index (κ3) is 3.05. The molecule has 5 rings (SSSR count). The Bertz CT molecular complexity index is 1260. The zero-order chi connectivity index (χ0) is 20.0. The number of aromatic nitrogens is 4. The van der Waals surface area contributed by atoms with Crippen molar-refractivity contribution in [2.75, 3.05) is 5.32 Å². The van der Waals surface area contributed by atoms with E-state index in [2.05, 4.69) is 52.8 Å². The Morgan fingerprint density at radius 3 is 2.86 bits per heavy atom. The van der Waals surface area contributed by atoms with E-state index in [9.17, 15) is 5.26 Å². The highest BCUT2D eigenvalue weighted by Gasteiger charge is 2.23. The highest BCUT2D eigenvalue weighted by atomic mass is 15.3. The van der Waals surface area contributed by atoms with Gasteiger partial charge in [-0.25, -0.2) is 4.68 Å². The van der Waals surface area contributed by atoms with Crippen LogP contribution in [0.3, 0.4) is 0 Å². The van der Waals surface area contributed by atoms with Gasteiger partial charge in [0.15, 0.2) is 0 Å². The number of nitrogens with one attached hydrogen (secondary N) is 1. The number of fused-ring (bicyclic) bond motifs is 2. The van der Waals surface area contributed by atoms with E-state index < -0.39 is 0 Å². The summed E-state index contributed by atoms with van der Waals surface area (Å²) in [5, 5.41) is 22.9. The van der Waals surface area contributed by atoms with Crippen LogP contribution in [-0.2, 0) is 13.5 Å². The zero-order valence-corrected chi connectivity index (χ0v) is 16.6. The quantitative estimate of drug-likeness (QED) is 0.569. The largest absolute Gasteiger partial charge is 0.378 e. The van der Waals surface area contributed by atoms with Crippen molar-refractivity contribution in [1.82, 2.24) is 19.6 Å². The maximum Gasteiger partial charge on any atom is 0.103 e. The molecule has 29 heavy (non-hydrogen) atoms.